The van der Waals surface area contributed by atoms with E-state index in [-0.39, 0.29) is 12.1 Å². The van der Waals surface area contributed by atoms with E-state index in [1.54, 1.807) is 7.11 Å². The van der Waals surface area contributed by atoms with E-state index in [1.165, 1.54) is 12.8 Å². The molecule has 2 aliphatic rings. The number of urea groups is 1. The maximum Gasteiger partial charge on any atom is 0.318 e. The van der Waals surface area contributed by atoms with Crippen LogP contribution in [0.2, 0.25) is 0 Å². The number of nitrogens with zero attached hydrogens (tertiary/aromatic N) is 1. The van der Waals surface area contributed by atoms with E-state index < -0.39 is 0 Å². The summed E-state index contributed by atoms with van der Waals surface area (Å²) in [6.45, 7) is 1.97. The van der Waals surface area contributed by atoms with E-state index in [1.807, 2.05) is 23.1 Å². The zero-order valence-electron chi connectivity index (χ0n) is 15.9. The number of nitrogens with one attached hydrogen (secondary N) is 1. The Morgan fingerprint density at radius 3 is 2.63 bits per heavy atom. The van der Waals surface area contributed by atoms with E-state index in [9.17, 15) is 4.79 Å². The molecule has 1 aliphatic carbocycles. The van der Waals surface area contributed by atoms with Gasteiger partial charge in [-0.1, -0.05) is 43.2 Å². The molecule has 5 heteroatoms. The monoisotopic (exact) mass is 368 g/mol. The molecule has 4 rings (SSSR count). The Kier molecular flexibility index (Phi) is 5.48. The second kappa shape index (κ2) is 8.17. The Labute approximate surface area is 160 Å². The maximum atomic E-state index is 13.1. The van der Waals surface area contributed by atoms with Crippen molar-refractivity contribution in [2.75, 3.05) is 20.3 Å². The topological polar surface area (TPSA) is 50.8 Å². The van der Waals surface area contributed by atoms with Gasteiger partial charge >= 0.3 is 6.03 Å². The van der Waals surface area contributed by atoms with Gasteiger partial charge in [-0.3, -0.25) is 0 Å². The molecule has 5 nitrogen and oxygen atoms in total. The van der Waals surface area contributed by atoms with Crippen molar-refractivity contribution < 1.29 is 14.3 Å². The lowest BCUT2D eigenvalue weighted by Gasteiger charge is -2.31. The summed E-state index contributed by atoms with van der Waals surface area (Å²) in [6, 6.07) is 12.8. The molecule has 144 valence electrons. The first-order valence-corrected chi connectivity index (χ1v) is 9.96. The van der Waals surface area contributed by atoms with Gasteiger partial charge in [0.15, 0.2) is 0 Å². The molecular formula is C22H28N2O3. The minimum Gasteiger partial charge on any atom is -0.496 e. The summed E-state index contributed by atoms with van der Waals surface area (Å²) in [6.07, 6.45) is 5.47. The molecule has 1 saturated heterocycles. The summed E-state index contributed by atoms with van der Waals surface area (Å²) in [5.74, 6) is 0.870. The zero-order valence-corrected chi connectivity index (χ0v) is 15.9. The number of hydrogen-bond acceptors (Lipinski definition) is 3. The molecule has 2 aromatic carbocycles. The molecule has 1 saturated carbocycles. The molecule has 0 spiro atoms. The summed E-state index contributed by atoms with van der Waals surface area (Å²) in [5, 5.41) is 5.43. The zero-order chi connectivity index (χ0) is 18.6. The molecule has 2 aromatic rings. The highest BCUT2D eigenvalue weighted by Gasteiger charge is 2.29. The van der Waals surface area contributed by atoms with Crippen LogP contribution in [0.1, 0.15) is 37.7 Å². The van der Waals surface area contributed by atoms with Crippen molar-refractivity contribution in [1.29, 1.82) is 0 Å². The Hall–Kier alpha value is -2.27. The minimum atomic E-state index is 0.0392. The third kappa shape index (κ3) is 3.88. The molecule has 1 aliphatic heterocycles. The molecule has 1 heterocycles. The first kappa shape index (κ1) is 18.1. The van der Waals surface area contributed by atoms with Crippen molar-refractivity contribution in [3.8, 4) is 5.75 Å². The second-order valence-corrected chi connectivity index (χ2v) is 7.55. The minimum absolute atomic E-state index is 0.0392. The number of methoxy groups -OCH3 is 1. The van der Waals surface area contributed by atoms with Crippen LogP contribution in [-0.2, 0) is 11.3 Å². The van der Waals surface area contributed by atoms with Gasteiger partial charge < -0.3 is 19.7 Å². The van der Waals surface area contributed by atoms with E-state index in [4.69, 9.17) is 9.47 Å². The highest BCUT2D eigenvalue weighted by molar-refractivity contribution is 5.91. The van der Waals surface area contributed by atoms with Gasteiger partial charge in [-0.15, -0.1) is 0 Å². The number of rotatable bonds is 5. The molecule has 1 unspecified atom stereocenters. The summed E-state index contributed by atoms with van der Waals surface area (Å²) >= 11 is 0. The quantitative estimate of drug-likeness (QED) is 0.865. The van der Waals surface area contributed by atoms with Crippen LogP contribution in [0.4, 0.5) is 4.79 Å². The largest absolute Gasteiger partial charge is 0.496 e. The van der Waals surface area contributed by atoms with Crippen LogP contribution in [0.25, 0.3) is 10.8 Å². The summed E-state index contributed by atoms with van der Waals surface area (Å²) in [4.78, 5) is 15.1. The highest BCUT2D eigenvalue weighted by atomic mass is 16.5. The summed E-state index contributed by atoms with van der Waals surface area (Å²) in [7, 11) is 1.70. The van der Waals surface area contributed by atoms with Gasteiger partial charge in [-0.25, -0.2) is 4.79 Å². The molecule has 0 radical (unpaired) electrons. The number of benzene rings is 2. The number of hydrogen-bond donors (Lipinski definition) is 1. The fourth-order valence-electron chi connectivity index (χ4n) is 4.32. The lowest BCUT2D eigenvalue weighted by Crippen LogP contribution is -2.48. The van der Waals surface area contributed by atoms with Crippen molar-refractivity contribution in [2.45, 2.75) is 50.7 Å². The van der Waals surface area contributed by atoms with Gasteiger partial charge in [0.2, 0.25) is 0 Å². The molecule has 27 heavy (non-hydrogen) atoms. The van der Waals surface area contributed by atoms with Crippen LogP contribution < -0.4 is 10.1 Å². The smallest absolute Gasteiger partial charge is 0.318 e. The standard InChI is InChI=1S/C22H28N2O3/c1-26-21-11-10-16(19-8-4-5-9-20(19)21)14-24(18-6-2-3-7-18)22(25)23-17-12-13-27-15-17/h4-5,8-11,17-18H,2-3,6-7,12-15H2,1H3,(H,23,25). The van der Waals surface area contributed by atoms with Gasteiger partial charge in [-0.05, 0) is 36.3 Å². The van der Waals surface area contributed by atoms with Gasteiger partial charge in [-0.2, -0.15) is 0 Å². The number of amides is 2. The van der Waals surface area contributed by atoms with Crippen LogP contribution >= 0.6 is 0 Å². The Bertz CT molecular complexity index is 795. The lowest BCUT2D eigenvalue weighted by atomic mass is 10.0. The maximum absolute atomic E-state index is 13.1. The molecule has 1 N–H and O–H groups in total. The number of carbonyl (C=O) groups excluding carboxylic acids is 1. The van der Waals surface area contributed by atoms with Crippen LogP contribution in [0.15, 0.2) is 36.4 Å². The van der Waals surface area contributed by atoms with E-state index in [0.29, 0.717) is 19.2 Å². The molecule has 1 atom stereocenters. The average Bonchev–Trinajstić information content (AvgIpc) is 3.40. The van der Waals surface area contributed by atoms with Crippen LogP contribution in [0.3, 0.4) is 0 Å². The summed E-state index contributed by atoms with van der Waals surface area (Å²) < 4.78 is 10.9. The summed E-state index contributed by atoms with van der Waals surface area (Å²) in [5.41, 5.74) is 1.16. The van der Waals surface area contributed by atoms with Crippen molar-refractivity contribution in [3.63, 3.8) is 0 Å². The lowest BCUT2D eigenvalue weighted by molar-refractivity contribution is 0.161. The molecule has 0 aromatic heterocycles. The molecule has 2 fully saturated rings. The van der Waals surface area contributed by atoms with Gasteiger partial charge in [0.1, 0.15) is 5.75 Å². The van der Waals surface area contributed by atoms with Crippen LogP contribution in [0, 0.1) is 0 Å². The molecule has 2 amide bonds. The average molecular weight is 368 g/mol. The van der Waals surface area contributed by atoms with E-state index in [0.717, 1.165) is 48.0 Å². The fraction of sp³-hybridized carbons (Fsp3) is 0.500. The first-order chi connectivity index (χ1) is 13.3. The van der Waals surface area contributed by atoms with Crippen molar-refractivity contribution in [1.82, 2.24) is 10.2 Å². The molecular weight excluding hydrogens is 340 g/mol. The van der Waals surface area contributed by atoms with Gasteiger partial charge in [0.05, 0.1) is 19.8 Å². The second-order valence-electron chi connectivity index (χ2n) is 7.55. The Morgan fingerprint density at radius 1 is 1.15 bits per heavy atom. The third-order valence-electron chi connectivity index (χ3n) is 5.82. The number of ether oxygens (including phenoxy) is 2. The normalized spacial score (nSPS) is 20.1. The van der Waals surface area contributed by atoms with Crippen molar-refractivity contribution in [3.05, 3.63) is 42.0 Å². The van der Waals surface area contributed by atoms with Gasteiger partial charge in [0, 0.05) is 24.6 Å². The Morgan fingerprint density at radius 2 is 1.93 bits per heavy atom. The third-order valence-corrected chi connectivity index (χ3v) is 5.82. The predicted octanol–water partition coefficient (Wildman–Crippen LogP) is 4.09. The van der Waals surface area contributed by atoms with Crippen LogP contribution in [-0.4, -0.2) is 43.3 Å². The van der Waals surface area contributed by atoms with E-state index in [2.05, 4.69) is 23.5 Å². The SMILES string of the molecule is COc1ccc(CN(C(=O)NC2CCOC2)C2CCCC2)c2ccccc12. The molecule has 0 bridgehead atoms. The number of fused-ring (bicyclic) bond motifs is 1. The highest BCUT2D eigenvalue weighted by Crippen LogP contribution is 2.31. The van der Waals surface area contributed by atoms with Crippen LogP contribution in [0.5, 0.6) is 5.75 Å². The predicted molar refractivity (Wildman–Crippen MR) is 106 cm³/mol. The van der Waals surface area contributed by atoms with Gasteiger partial charge in [0.25, 0.3) is 0 Å². The van der Waals surface area contributed by atoms with E-state index >= 15 is 0 Å². The van der Waals surface area contributed by atoms with Crippen molar-refractivity contribution >= 4 is 16.8 Å². The fourth-order valence-corrected chi connectivity index (χ4v) is 4.32. The number of carbonyl (C=O) groups is 1. The Balaban J connectivity index is 1.61. The van der Waals surface area contributed by atoms with Crippen molar-refractivity contribution in [2.24, 2.45) is 0 Å². The first-order valence-electron chi connectivity index (χ1n) is 9.96.